The predicted octanol–water partition coefficient (Wildman–Crippen LogP) is 2.23. The van der Waals surface area contributed by atoms with E-state index in [9.17, 15) is 9.59 Å². The maximum absolute atomic E-state index is 12.7. The molecule has 0 saturated carbocycles. The van der Waals surface area contributed by atoms with Crippen LogP contribution in [-0.4, -0.2) is 90.8 Å². The van der Waals surface area contributed by atoms with Crippen LogP contribution in [0.5, 0.6) is 0 Å². The minimum Gasteiger partial charge on any atom is -0.342 e. The quantitative estimate of drug-likeness (QED) is 0.735. The summed E-state index contributed by atoms with van der Waals surface area (Å²) in [5, 5.41) is 0. The number of carbonyl (C=O) groups excluding carboxylic acids is 2. The zero-order chi connectivity index (χ0) is 20.6. The van der Waals surface area contributed by atoms with Crippen molar-refractivity contribution in [3.63, 3.8) is 0 Å². The number of amides is 2. The van der Waals surface area contributed by atoms with Crippen molar-refractivity contribution in [2.45, 2.75) is 38.6 Å². The molecule has 2 heterocycles. The van der Waals surface area contributed by atoms with Crippen molar-refractivity contribution in [1.29, 1.82) is 0 Å². The first-order valence-corrected chi connectivity index (χ1v) is 11.1. The van der Waals surface area contributed by atoms with Crippen LogP contribution in [0.3, 0.4) is 0 Å². The van der Waals surface area contributed by atoms with Gasteiger partial charge in [-0.2, -0.15) is 0 Å². The van der Waals surface area contributed by atoms with Gasteiger partial charge in [0.25, 0.3) is 0 Å². The molecule has 6 nitrogen and oxygen atoms in total. The highest BCUT2D eigenvalue weighted by atomic mass is 16.2. The summed E-state index contributed by atoms with van der Waals surface area (Å²) < 4.78 is 0. The Morgan fingerprint density at radius 1 is 0.862 bits per heavy atom. The van der Waals surface area contributed by atoms with E-state index in [4.69, 9.17) is 0 Å². The molecule has 1 aromatic rings. The van der Waals surface area contributed by atoms with Gasteiger partial charge in [-0.3, -0.25) is 19.4 Å². The minimum absolute atomic E-state index is 0.0660. The van der Waals surface area contributed by atoms with Gasteiger partial charge in [-0.05, 0) is 25.3 Å². The van der Waals surface area contributed by atoms with Crippen LogP contribution in [0.15, 0.2) is 30.3 Å². The molecule has 3 rings (SSSR count). The SMILES string of the molecule is CC(c1ccccc1)N(C)C(=O)CN1CCN(CC(=O)N2CCCCCC2)CC1. The van der Waals surface area contributed by atoms with Gasteiger partial charge < -0.3 is 9.80 Å². The molecular weight excluding hydrogens is 364 g/mol. The number of hydrogen-bond acceptors (Lipinski definition) is 4. The van der Waals surface area contributed by atoms with Crippen molar-refractivity contribution in [2.24, 2.45) is 0 Å². The molecule has 0 bridgehead atoms. The summed E-state index contributed by atoms with van der Waals surface area (Å²) in [5.74, 6) is 0.420. The van der Waals surface area contributed by atoms with Gasteiger partial charge in [0.1, 0.15) is 0 Å². The molecular formula is C23H36N4O2. The molecule has 6 heteroatoms. The van der Waals surface area contributed by atoms with Gasteiger partial charge in [0.2, 0.25) is 11.8 Å². The second kappa shape index (κ2) is 10.7. The number of likely N-dealkylation sites (tertiary alicyclic amines) is 1. The standard InChI is InChI=1S/C23H36N4O2/c1-20(21-10-6-5-7-11-21)24(2)22(28)18-25-14-16-26(17-15-25)19-23(29)27-12-8-3-4-9-13-27/h5-7,10-11,20H,3-4,8-9,12-19H2,1-2H3. The molecule has 160 valence electrons. The van der Waals surface area contributed by atoms with Crippen molar-refractivity contribution in [3.05, 3.63) is 35.9 Å². The van der Waals surface area contributed by atoms with E-state index < -0.39 is 0 Å². The average molecular weight is 401 g/mol. The summed E-state index contributed by atoms with van der Waals surface area (Å²) in [4.78, 5) is 33.7. The molecule has 2 aliphatic rings. The van der Waals surface area contributed by atoms with Crippen LogP contribution in [0.4, 0.5) is 0 Å². The summed E-state index contributed by atoms with van der Waals surface area (Å²) in [6, 6.07) is 10.2. The van der Waals surface area contributed by atoms with Gasteiger partial charge in [-0.15, -0.1) is 0 Å². The van der Waals surface area contributed by atoms with Crippen LogP contribution >= 0.6 is 0 Å². The summed E-state index contributed by atoms with van der Waals surface area (Å²) in [6.07, 6.45) is 4.76. The summed E-state index contributed by atoms with van der Waals surface area (Å²) >= 11 is 0. The molecule has 29 heavy (non-hydrogen) atoms. The van der Waals surface area contributed by atoms with Crippen molar-refractivity contribution in [3.8, 4) is 0 Å². The average Bonchev–Trinajstić information content (AvgIpc) is 3.04. The van der Waals surface area contributed by atoms with Crippen molar-refractivity contribution < 1.29 is 9.59 Å². The van der Waals surface area contributed by atoms with E-state index in [2.05, 4.69) is 28.9 Å². The maximum Gasteiger partial charge on any atom is 0.236 e. The number of benzene rings is 1. The fourth-order valence-corrected chi connectivity index (χ4v) is 4.19. The van der Waals surface area contributed by atoms with Crippen LogP contribution in [0.25, 0.3) is 0 Å². The summed E-state index contributed by atoms with van der Waals surface area (Å²) in [7, 11) is 1.89. The van der Waals surface area contributed by atoms with Crippen LogP contribution in [0.2, 0.25) is 0 Å². The largest absolute Gasteiger partial charge is 0.342 e. The molecule has 1 aromatic carbocycles. The van der Waals surface area contributed by atoms with E-state index in [-0.39, 0.29) is 17.9 Å². The first-order valence-electron chi connectivity index (χ1n) is 11.1. The Labute approximate surface area is 175 Å². The zero-order valence-corrected chi connectivity index (χ0v) is 18.1. The fraction of sp³-hybridized carbons (Fsp3) is 0.652. The van der Waals surface area contributed by atoms with Gasteiger partial charge >= 0.3 is 0 Å². The molecule has 1 unspecified atom stereocenters. The Hall–Kier alpha value is -1.92. The Kier molecular flexibility index (Phi) is 8.07. The highest BCUT2D eigenvalue weighted by molar-refractivity contribution is 5.79. The topological polar surface area (TPSA) is 47.1 Å². The molecule has 2 saturated heterocycles. The van der Waals surface area contributed by atoms with Crippen LogP contribution in [0.1, 0.15) is 44.2 Å². The molecule has 0 radical (unpaired) electrons. The number of likely N-dealkylation sites (N-methyl/N-ethyl adjacent to an activating group) is 1. The van der Waals surface area contributed by atoms with E-state index in [1.807, 2.05) is 35.0 Å². The smallest absolute Gasteiger partial charge is 0.236 e. The van der Waals surface area contributed by atoms with E-state index in [0.717, 1.165) is 57.7 Å². The lowest BCUT2D eigenvalue weighted by Gasteiger charge is -2.36. The third-order valence-electron chi connectivity index (χ3n) is 6.40. The number of rotatable bonds is 6. The zero-order valence-electron chi connectivity index (χ0n) is 18.1. The third-order valence-corrected chi connectivity index (χ3v) is 6.40. The molecule has 0 aromatic heterocycles. The molecule has 2 amide bonds. The number of hydrogen-bond donors (Lipinski definition) is 0. The number of piperazine rings is 1. The lowest BCUT2D eigenvalue weighted by molar-refractivity contribution is -0.135. The van der Waals surface area contributed by atoms with E-state index in [1.165, 1.54) is 12.8 Å². The molecule has 0 aliphatic carbocycles. The van der Waals surface area contributed by atoms with E-state index >= 15 is 0 Å². The number of nitrogens with zero attached hydrogens (tertiary/aromatic N) is 4. The number of carbonyl (C=O) groups is 2. The second-order valence-corrected chi connectivity index (χ2v) is 8.44. The molecule has 0 N–H and O–H groups in total. The molecule has 0 spiro atoms. The maximum atomic E-state index is 12.7. The fourth-order valence-electron chi connectivity index (χ4n) is 4.19. The highest BCUT2D eigenvalue weighted by Crippen LogP contribution is 2.18. The molecule has 2 aliphatic heterocycles. The highest BCUT2D eigenvalue weighted by Gasteiger charge is 2.25. The Balaban J connectivity index is 1.41. The second-order valence-electron chi connectivity index (χ2n) is 8.44. The summed E-state index contributed by atoms with van der Waals surface area (Å²) in [6.45, 7) is 8.25. The van der Waals surface area contributed by atoms with Gasteiger partial charge in [-0.1, -0.05) is 43.2 Å². The Bertz CT molecular complexity index is 650. The lowest BCUT2D eigenvalue weighted by atomic mass is 10.1. The van der Waals surface area contributed by atoms with Gasteiger partial charge in [0.05, 0.1) is 19.1 Å². The van der Waals surface area contributed by atoms with Crippen LogP contribution in [-0.2, 0) is 9.59 Å². The molecule has 1 atom stereocenters. The van der Waals surface area contributed by atoms with Crippen LogP contribution < -0.4 is 0 Å². The first-order chi connectivity index (χ1) is 14.0. The predicted molar refractivity (Wildman–Crippen MR) is 116 cm³/mol. The lowest BCUT2D eigenvalue weighted by Crippen LogP contribution is -2.52. The normalized spacial score (nSPS) is 20.1. The Morgan fingerprint density at radius 3 is 2.00 bits per heavy atom. The minimum atomic E-state index is 0.0660. The van der Waals surface area contributed by atoms with E-state index in [0.29, 0.717) is 13.1 Å². The van der Waals surface area contributed by atoms with Crippen molar-refractivity contribution in [2.75, 3.05) is 59.4 Å². The van der Waals surface area contributed by atoms with E-state index in [1.54, 1.807) is 0 Å². The summed E-state index contributed by atoms with van der Waals surface area (Å²) in [5.41, 5.74) is 1.15. The Morgan fingerprint density at radius 2 is 1.41 bits per heavy atom. The molecule has 2 fully saturated rings. The van der Waals surface area contributed by atoms with Crippen LogP contribution in [0, 0.1) is 0 Å². The first kappa shape index (κ1) is 21.8. The monoisotopic (exact) mass is 400 g/mol. The third kappa shape index (κ3) is 6.28. The van der Waals surface area contributed by atoms with Crippen molar-refractivity contribution >= 4 is 11.8 Å². The van der Waals surface area contributed by atoms with Gasteiger partial charge in [-0.25, -0.2) is 0 Å². The van der Waals surface area contributed by atoms with Gasteiger partial charge in [0, 0.05) is 46.3 Å². The van der Waals surface area contributed by atoms with Crippen molar-refractivity contribution in [1.82, 2.24) is 19.6 Å². The van der Waals surface area contributed by atoms with Gasteiger partial charge in [0.15, 0.2) is 0 Å².